The van der Waals surface area contributed by atoms with Gasteiger partial charge in [0.15, 0.2) is 6.29 Å². The molecule has 3 fully saturated rings. The van der Waals surface area contributed by atoms with Gasteiger partial charge in [-0.1, -0.05) is 67.3 Å². The van der Waals surface area contributed by atoms with Crippen LogP contribution in [0.2, 0.25) is 5.02 Å². The van der Waals surface area contributed by atoms with Crippen LogP contribution in [0.3, 0.4) is 0 Å². The average molecular weight is 666 g/mol. The molecule has 2 aliphatic carbocycles. The Balaban J connectivity index is 0.00000372. The minimum absolute atomic E-state index is 0. The fraction of sp³-hybridized carbons (Fsp3) is 0.595. The first-order chi connectivity index (χ1) is 22.1. The van der Waals surface area contributed by atoms with Crippen molar-refractivity contribution in [2.75, 3.05) is 6.54 Å². The molecule has 3 heterocycles. The number of hydrogen-bond acceptors (Lipinski definition) is 6. The summed E-state index contributed by atoms with van der Waals surface area (Å²) in [5.74, 6) is 0.681. The van der Waals surface area contributed by atoms with E-state index in [0.29, 0.717) is 18.0 Å². The predicted molar refractivity (Wildman–Crippen MR) is 186 cm³/mol. The van der Waals surface area contributed by atoms with Gasteiger partial charge in [0.05, 0.1) is 0 Å². The number of rotatable bonds is 10. The third kappa shape index (κ3) is 7.55. The zero-order valence-corrected chi connectivity index (χ0v) is 28.6. The zero-order chi connectivity index (χ0) is 30.6. The van der Waals surface area contributed by atoms with Crippen molar-refractivity contribution in [3.8, 4) is 0 Å². The number of fused-ring (bicyclic) bond motifs is 1. The summed E-state index contributed by atoms with van der Waals surface area (Å²) in [6.07, 6.45) is 18.7. The number of aldehydes is 1. The van der Waals surface area contributed by atoms with Crippen molar-refractivity contribution in [2.45, 2.75) is 121 Å². The van der Waals surface area contributed by atoms with Gasteiger partial charge in [0.25, 0.3) is 0 Å². The largest absolute Gasteiger partial charge is 0.300 e. The lowest BCUT2D eigenvalue weighted by Crippen LogP contribution is -2.61. The Morgan fingerprint density at radius 1 is 0.957 bits per heavy atom. The Kier molecular flexibility index (Phi) is 11.2. The van der Waals surface area contributed by atoms with E-state index in [4.69, 9.17) is 11.6 Å². The zero-order valence-electron chi connectivity index (χ0n) is 27.0. The number of nitrogens with one attached hydrogen (secondary N) is 1. The van der Waals surface area contributed by atoms with E-state index in [1.807, 2.05) is 18.5 Å². The molecule has 0 radical (unpaired) electrons. The van der Waals surface area contributed by atoms with E-state index in [1.54, 1.807) is 6.33 Å². The van der Waals surface area contributed by atoms with Gasteiger partial charge < -0.3 is 4.79 Å². The van der Waals surface area contributed by atoms with Crippen LogP contribution in [0.5, 0.6) is 0 Å². The molecule has 1 aromatic heterocycles. The van der Waals surface area contributed by atoms with Crippen LogP contribution in [0, 0.1) is 11.3 Å². The van der Waals surface area contributed by atoms with Crippen molar-refractivity contribution in [1.82, 2.24) is 29.9 Å². The van der Waals surface area contributed by atoms with E-state index in [9.17, 15) is 4.79 Å². The van der Waals surface area contributed by atoms with Crippen LogP contribution in [-0.2, 0) is 30.8 Å². The molecule has 46 heavy (non-hydrogen) atoms. The number of carbonyl (C=O) groups excluding carboxylic acids is 1. The predicted octanol–water partition coefficient (Wildman–Crippen LogP) is 7.07. The lowest BCUT2D eigenvalue weighted by Gasteiger charge is -2.53. The van der Waals surface area contributed by atoms with Crippen LogP contribution in [0.25, 0.3) is 0 Å². The lowest BCUT2D eigenvalue weighted by atomic mass is 9.61. The van der Waals surface area contributed by atoms with Gasteiger partial charge in [0.2, 0.25) is 0 Å². The smallest absolute Gasteiger partial charge is 0.151 e. The van der Waals surface area contributed by atoms with Gasteiger partial charge in [-0.2, -0.15) is 5.10 Å². The van der Waals surface area contributed by atoms with Crippen LogP contribution in [0.1, 0.15) is 87.3 Å². The summed E-state index contributed by atoms with van der Waals surface area (Å²) in [4.78, 5) is 22.4. The SMILES string of the molecule is Cl.O=C[C@H](NC1CCC(N2Cc3ccccc3C2)CC1)N1CC[C@](Cn2cncn2)(C2CCCCC2)C[C@H]1Cc1ccc(Cl)cc1. The fourth-order valence-electron chi connectivity index (χ4n) is 9.35. The Morgan fingerprint density at radius 2 is 1.67 bits per heavy atom. The molecule has 7 rings (SSSR count). The highest BCUT2D eigenvalue weighted by atomic mass is 35.5. The highest BCUT2D eigenvalue weighted by Crippen LogP contribution is 2.49. The van der Waals surface area contributed by atoms with Crippen LogP contribution < -0.4 is 5.32 Å². The van der Waals surface area contributed by atoms with E-state index in [-0.39, 0.29) is 30.0 Å². The molecule has 1 N–H and O–H groups in total. The number of hydrogen-bond donors (Lipinski definition) is 1. The summed E-state index contributed by atoms with van der Waals surface area (Å²) in [5.41, 5.74) is 4.42. The third-order valence-electron chi connectivity index (χ3n) is 11.7. The van der Waals surface area contributed by atoms with Crippen molar-refractivity contribution in [3.05, 3.63) is 82.9 Å². The maximum absolute atomic E-state index is 12.9. The van der Waals surface area contributed by atoms with Crippen LogP contribution in [-0.4, -0.2) is 61.7 Å². The minimum Gasteiger partial charge on any atom is -0.300 e. The molecule has 7 nitrogen and oxygen atoms in total. The first-order valence-electron chi connectivity index (χ1n) is 17.4. The first-order valence-corrected chi connectivity index (χ1v) is 17.8. The van der Waals surface area contributed by atoms with Gasteiger partial charge >= 0.3 is 0 Å². The average Bonchev–Trinajstić information content (AvgIpc) is 3.76. The first kappa shape index (κ1) is 33.6. The third-order valence-corrected chi connectivity index (χ3v) is 12.0. The Labute approximate surface area is 285 Å². The summed E-state index contributed by atoms with van der Waals surface area (Å²) >= 11 is 6.28. The molecule has 1 saturated heterocycles. The molecule has 3 atom stereocenters. The molecule has 2 aromatic carbocycles. The molecule has 248 valence electrons. The molecule has 3 aromatic rings. The standard InChI is InChI=1S/C37H49ClN6O.ClH/c38-32-12-10-28(11-13-32)20-35-21-37(25-43-27-39-26-40-43,31-8-2-1-3-9-31)18-19-44(35)36(24-45)41-33-14-16-34(17-15-33)42-22-29-6-4-5-7-30(29)23-42;/h4-7,10-13,24,26-27,31,33-36,41H,1-3,8-9,14-23,25H2;1H/t33?,34?,35-,36-,37+;/m1./s1. The number of benzene rings is 2. The highest BCUT2D eigenvalue weighted by Gasteiger charge is 2.47. The van der Waals surface area contributed by atoms with Gasteiger partial charge in [-0.3, -0.25) is 19.8 Å². The molecule has 0 spiro atoms. The molecule has 0 amide bonds. The summed E-state index contributed by atoms with van der Waals surface area (Å²) in [7, 11) is 0. The molecular weight excluding hydrogens is 615 g/mol. The van der Waals surface area contributed by atoms with Crippen molar-refractivity contribution in [1.29, 1.82) is 0 Å². The maximum atomic E-state index is 12.9. The molecular formula is C37H50Cl2N6O. The number of likely N-dealkylation sites (tertiary alicyclic amines) is 1. The highest BCUT2D eigenvalue weighted by molar-refractivity contribution is 6.30. The monoisotopic (exact) mass is 664 g/mol. The summed E-state index contributed by atoms with van der Waals surface area (Å²) < 4.78 is 2.07. The van der Waals surface area contributed by atoms with Crippen LogP contribution >= 0.6 is 24.0 Å². The Bertz CT molecular complexity index is 1360. The summed E-state index contributed by atoms with van der Waals surface area (Å²) in [6, 6.07) is 18.5. The topological polar surface area (TPSA) is 66.3 Å². The van der Waals surface area contributed by atoms with E-state index in [0.717, 1.165) is 63.3 Å². The number of halogens is 2. The molecule has 0 unspecified atom stereocenters. The second kappa shape index (κ2) is 15.3. The number of carbonyl (C=O) groups is 1. The molecule has 4 aliphatic rings. The van der Waals surface area contributed by atoms with Gasteiger partial charge in [-0.05, 0) is 97.9 Å². The minimum atomic E-state index is -0.268. The second-order valence-electron chi connectivity index (χ2n) is 14.4. The van der Waals surface area contributed by atoms with Crippen molar-refractivity contribution >= 4 is 30.3 Å². The second-order valence-corrected chi connectivity index (χ2v) is 14.8. The van der Waals surface area contributed by atoms with Crippen LogP contribution in [0.15, 0.2) is 61.2 Å². The van der Waals surface area contributed by atoms with Crippen LogP contribution in [0.4, 0.5) is 0 Å². The molecule has 9 heteroatoms. The van der Waals surface area contributed by atoms with Crippen molar-refractivity contribution < 1.29 is 4.79 Å². The van der Waals surface area contributed by atoms with E-state index in [1.165, 1.54) is 67.9 Å². The maximum Gasteiger partial charge on any atom is 0.151 e. The molecule has 0 bridgehead atoms. The number of nitrogens with zero attached hydrogens (tertiary/aromatic N) is 5. The van der Waals surface area contributed by atoms with Gasteiger partial charge in [-0.25, -0.2) is 4.98 Å². The summed E-state index contributed by atoms with van der Waals surface area (Å²) in [5, 5.41) is 9.21. The molecule has 2 aliphatic heterocycles. The van der Waals surface area contributed by atoms with Crippen molar-refractivity contribution in [2.24, 2.45) is 11.3 Å². The van der Waals surface area contributed by atoms with Gasteiger partial charge in [0, 0.05) is 49.3 Å². The Hall–Kier alpha value is -2.29. The lowest BCUT2D eigenvalue weighted by molar-refractivity contribution is -0.118. The molecule has 2 saturated carbocycles. The van der Waals surface area contributed by atoms with Gasteiger partial charge in [0.1, 0.15) is 18.8 Å². The van der Waals surface area contributed by atoms with Gasteiger partial charge in [-0.15, -0.1) is 12.4 Å². The normalized spacial score (nSPS) is 28.3. The number of piperidine rings is 1. The van der Waals surface area contributed by atoms with E-state index < -0.39 is 0 Å². The Morgan fingerprint density at radius 3 is 2.33 bits per heavy atom. The summed E-state index contributed by atoms with van der Waals surface area (Å²) in [6.45, 7) is 3.98. The fourth-order valence-corrected chi connectivity index (χ4v) is 9.47. The van der Waals surface area contributed by atoms with E-state index in [2.05, 4.69) is 66.3 Å². The van der Waals surface area contributed by atoms with E-state index >= 15 is 0 Å². The quantitative estimate of drug-likeness (QED) is 0.234. The van der Waals surface area contributed by atoms with Crippen molar-refractivity contribution in [3.63, 3.8) is 0 Å². The number of aromatic nitrogens is 3.